The van der Waals surface area contributed by atoms with Crippen LogP contribution in [0.15, 0.2) is 12.1 Å². The molecule has 0 saturated carbocycles. The van der Waals surface area contributed by atoms with Crippen molar-refractivity contribution in [3.63, 3.8) is 0 Å². The number of rotatable bonds is 6. The van der Waals surface area contributed by atoms with Crippen LogP contribution in [0.5, 0.6) is 5.75 Å². The molecule has 1 aromatic rings. The van der Waals surface area contributed by atoms with E-state index in [1.54, 1.807) is 13.2 Å². The predicted molar refractivity (Wildman–Crippen MR) is 79.1 cm³/mol. The number of aryl methyl sites for hydroxylation is 1. The SMILES string of the molecule is CCNC(C)CC(=O)Nc1cc(C)c(Cl)cc1OC. The molecular formula is C14H21ClN2O2. The number of halogens is 1. The van der Waals surface area contributed by atoms with Crippen molar-refractivity contribution in [3.05, 3.63) is 22.7 Å². The third kappa shape index (κ3) is 4.73. The van der Waals surface area contributed by atoms with Crippen molar-refractivity contribution in [1.29, 1.82) is 0 Å². The number of carbonyl (C=O) groups excluding carboxylic acids is 1. The Hall–Kier alpha value is -1.26. The first-order valence-electron chi connectivity index (χ1n) is 6.35. The summed E-state index contributed by atoms with van der Waals surface area (Å²) >= 11 is 6.02. The van der Waals surface area contributed by atoms with Gasteiger partial charge in [0.1, 0.15) is 5.75 Å². The third-order valence-electron chi connectivity index (χ3n) is 2.80. The minimum absolute atomic E-state index is 0.0477. The zero-order chi connectivity index (χ0) is 14.4. The van der Waals surface area contributed by atoms with Crippen LogP contribution in [0.1, 0.15) is 25.8 Å². The highest BCUT2D eigenvalue weighted by atomic mass is 35.5. The van der Waals surface area contributed by atoms with Gasteiger partial charge in [-0.1, -0.05) is 18.5 Å². The summed E-state index contributed by atoms with van der Waals surface area (Å²) in [5.41, 5.74) is 1.55. The van der Waals surface area contributed by atoms with E-state index in [0.29, 0.717) is 22.9 Å². The number of methoxy groups -OCH3 is 1. The highest BCUT2D eigenvalue weighted by Crippen LogP contribution is 2.30. The summed E-state index contributed by atoms with van der Waals surface area (Å²) in [6.45, 7) is 6.73. The van der Waals surface area contributed by atoms with Gasteiger partial charge in [-0.3, -0.25) is 4.79 Å². The van der Waals surface area contributed by atoms with E-state index in [4.69, 9.17) is 16.3 Å². The second-order valence-electron chi connectivity index (χ2n) is 4.51. The molecule has 0 aliphatic rings. The molecule has 1 aromatic carbocycles. The molecule has 1 atom stereocenters. The number of hydrogen-bond acceptors (Lipinski definition) is 3. The molecule has 2 N–H and O–H groups in total. The first-order chi connectivity index (χ1) is 8.97. The summed E-state index contributed by atoms with van der Waals surface area (Å²) in [4.78, 5) is 11.9. The standard InChI is InChI=1S/C14H21ClN2O2/c1-5-16-10(3)7-14(18)17-12-6-9(2)11(15)8-13(12)19-4/h6,8,10,16H,5,7H2,1-4H3,(H,17,18). The highest BCUT2D eigenvalue weighted by molar-refractivity contribution is 6.31. The largest absolute Gasteiger partial charge is 0.495 e. The number of hydrogen-bond donors (Lipinski definition) is 2. The van der Waals surface area contributed by atoms with Crippen LogP contribution in [0.2, 0.25) is 5.02 Å². The fourth-order valence-electron chi connectivity index (χ4n) is 1.83. The predicted octanol–water partition coefficient (Wildman–Crippen LogP) is 2.98. The molecule has 0 spiro atoms. The van der Waals surface area contributed by atoms with Crippen LogP contribution < -0.4 is 15.4 Å². The van der Waals surface area contributed by atoms with Crippen LogP contribution >= 0.6 is 11.6 Å². The van der Waals surface area contributed by atoms with Gasteiger partial charge >= 0.3 is 0 Å². The monoisotopic (exact) mass is 284 g/mol. The molecule has 4 nitrogen and oxygen atoms in total. The molecule has 0 aliphatic heterocycles. The summed E-state index contributed by atoms with van der Waals surface area (Å²) in [5.74, 6) is 0.522. The molecule has 1 unspecified atom stereocenters. The zero-order valence-corrected chi connectivity index (χ0v) is 12.6. The molecule has 5 heteroatoms. The van der Waals surface area contributed by atoms with Crippen molar-refractivity contribution < 1.29 is 9.53 Å². The first-order valence-corrected chi connectivity index (χ1v) is 6.73. The summed E-state index contributed by atoms with van der Waals surface area (Å²) in [7, 11) is 1.55. The molecule has 0 heterocycles. The molecule has 0 bridgehead atoms. The van der Waals surface area contributed by atoms with Gasteiger partial charge in [-0.15, -0.1) is 0 Å². The Morgan fingerprint density at radius 2 is 2.16 bits per heavy atom. The summed E-state index contributed by atoms with van der Waals surface area (Å²) in [6, 6.07) is 3.67. The van der Waals surface area contributed by atoms with Gasteiger partial charge in [-0.05, 0) is 32.0 Å². The van der Waals surface area contributed by atoms with Gasteiger partial charge in [0.25, 0.3) is 0 Å². The fourth-order valence-corrected chi connectivity index (χ4v) is 1.98. The minimum atomic E-state index is -0.0477. The lowest BCUT2D eigenvalue weighted by Gasteiger charge is -2.15. The van der Waals surface area contributed by atoms with E-state index in [1.165, 1.54) is 0 Å². The van der Waals surface area contributed by atoms with Crippen molar-refractivity contribution in [1.82, 2.24) is 5.32 Å². The van der Waals surface area contributed by atoms with Crippen LogP contribution in [0.4, 0.5) is 5.69 Å². The van der Waals surface area contributed by atoms with Gasteiger partial charge in [0.05, 0.1) is 12.8 Å². The number of nitrogens with one attached hydrogen (secondary N) is 2. The maximum atomic E-state index is 11.9. The van der Waals surface area contributed by atoms with Gasteiger partial charge in [-0.25, -0.2) is 0 Å². The van der Waals surface area contributed by atoms with E-state index in [-0.39, 0.29) is 11.9 Å². The minimum Gasteiger partial charge on any atom is -0.495 e. The smallest absolute Gasteiger partial charge is 0.226 e. The molecule has 0 saturated heterocycles. The van der Waals surface area contributed by atoms with Gasteiger partial charge in [0.2, 0.25) is 5.91 Å². The lowest BCUT2D eigenvalue weighted by atomic mass is 10.2. The van der Waals surface area contributed by atoms with Gasteiger partial charge in [0, 0.05) is 23.6 Å². The average Bonchev–Trinajstić information content (AvgIpc) is 2.33. The van der Waals surface area contributed by atoms with Gasteiger partial charge in [-0.2, -0.15) is 0 Å². The fraction of sp³-hybridized carbons (Fsp3) is 0.500. The first kappa shape index (κ1) is 15.8. The Bertz CT molecular complexity index is 449. The van der Waals surface area contributed by atoms with Crippen LogP contribution in [-0.4, -0.2) is 25.6 Å². The Labute approximate surface area is 119 Å². The number of anilines is 1. The van der Waals surface area contributed by atoms with Crippen LogP contribution in [0.25, 0.3) is 0 Å². The highest BCUT2D eigenvalue weighted by Gasteiger charge is 2.12. The van der Waals surface area contributed by atoms with E-state index in [0.717, 1.165) is 12.1 Å². The van der Waals surface area contributed by atoms with Crippen molar-refractivity contribution in [2.24, 2.45) is 0 Å². The second-order valence-corrected chi connectivity index (χ2v) is 4.92. The van der Waals surface area contributed by atoms with Gasteiger partial charge in [0.15, 0.2) is 0 Å². The molecule has 0 fully saturated rings. The van der Waals surface area contributed by atoms with E-state index in [1.807, 2.05) is 26.8 Å². The van der Waals surface area contributed by atoms with Crippen molar-refractivity contribution >= 4 is 23.2 Å². The summed E-state index contributed by atoms with van der Waals surface area (Å²) in [6.07, 6.45) is 0.415. The van der Waals surface area contributed by atoms with E-state index in [2.05, 4.69) is 10.6 Å². The number of ether oxygens (including phenoxy) is 1. The van der Waals surface area contributed by atoms with E-state index in [9.17, 15) is 4.79 Å². The zero-order valence-electron chi connectivity index (χ0n) is 11.8. The molecule has 0 radical (unpaired) electrons. The lowest BCUT2D eigenvalue weighted by Crippen LogP contribution is -2.30. The topological polar surface area (TPSA) is 50.4 Å². The molecule has 0 aliphatic carbocycles. The van der Waals surface area contributed by atoms with Crippen LogP contribution in [0, 0.1) is 6.92 Å². The molecule has 0 aromatic heterocycles. The summed E-state index contributed by atoms with van der Waals surface area (Å²) in [5, 5.41) is 6.68. The Morgan fingerprint density at radius 3 is 2.74 bits per heavy atom. The van der Waals surface area contributed by atoms with E-state index < -0.39 is 0 Å². The molecular weight excluding hydrogens is 264 g/mol. The summed E-state index contributed by atoms with van der Waals surface area (Å²) < 4.78 is 5.22. The van der Waals surface area contributed by atoms with E-state index >= 15 is 0 Å². The number of amides is 1. The van der Waals surface area contributed by atoms with Gasteiger partial charge < -0.3 is 15.4 Å². The molecule has 19 heavy (non-hydrogen) atoms. The molecule has 1 rings (SSSR count). The lowest BCUT2D eigenvalue weighted by molar-refractivity contribution is -0.116. The quantitative estimate of drug-likeness (QED) is 0.844. The van der Waals surface area contributed by atoms with Crippen molar-refractivity contribution in [3.8, 4) is 5.75 Å². The maximum absolute atomic E-state index is 11.9. The Morgan fingerprint density at radius 1 is 1.47 bits per heavy atom. The van der Waals surface area contributed by atoms with Crippen LogP contribution in [0.3, 0.4) is 0 Å². The maximum Gasteiger partial charge on any atom is 0.226 e. The third-order valence-corrected chi connectivity index (χ3v) is 3.21. The number of benzene rings is 1. The number of carbonyl (C=O) groups is 1. The molecule has 106 valence electrons. The Balaban J connectivity index is 2.76. The Kier molecular flexibility index (Phi) is 6.12. The van der Waals surface area contributed by atoms with Crippen molar-refractivity contribution in [2.75, 3.05) is 19.0 Å². The molecule has 1 amide bonds. The van der Waals surface area contributed by atoms with Crippen LogP contribution in [-0.2, 0) is 4.79 Å². The van der Waals surface area contributed by atoms with Crippen molar-refractivity contribution in [2.45, 2.75) is 33.2 Å². The average molecular weight is 285 g/mol. The second kappa shape index (κ2) is 7.36. The normalized spacial score (nSPS) is 12.1.